The van der Waals surface area contributed by atoms with E-state index >= 15 is 0 Å². The Bertz CT molecular complexity index is 1330. The Morgan fingerprint density at radius 1 is 1.00 bits per heavy atom. The summed E-state index contributed by atoms with van der Waals surface area (Å²) in [7, 11) is 0. The number of hydrogen-bond acceptors (Lipinski definition) is 4. The zero-order chi connectivity index (χ0) is 24.3. The topological polar surface area (TPSA) is 85.8 Å². The molecule has 0 fully saturated rings. The quantitative estimate of drug-likeness (QED) is 0.316. The summed E-state index contributed by atoms with van der Waals surface area (Å²) < 4.78 is 41.4. The van der Waals surface area contributed by atoms with E-state index < -0.39 is 17.6 Å². The van der Waals surface area contributed by atoms with Gasteiger partial charge in [0.25, 0.3) is 5.91 Å². The number of nitrogen functional groups attached to an aromatic ring is 1. The summed E-state index contributed by atoms with van der Waals surface area (Å²) >= 11 is 0. The minimum absolute atomic E-state index is 0.00638. The summed E-state index contributed by atoms with van der Waals surface area (Å²) in [6.45, 7) is 2.61. The molecule has 34 heavy (non-hydrogen) atoms. The predicted molar refractivity (Wildman–Crippen MR) is 127 cm³/mol. The van der Waals surface area contributed by atoms with Gasteiger partial charge >= 0.3 is 6.18 Å². The first-order valence-corrected chi connectivity index (χ1v) is 11.3. The van der Waals surface area contributed by atoms with Crippen LogP contribution in [0, 0.1) is 0 Å². The lowest BCUT2D eigenvalue weighted by Crippen LogP contribution is -2.25. The van der Waals surface area contributed by atoms with E-state index in [1.807, 2.05) is 0 Å². The van der Waals surface area contributed by atoms with E-state index in [0.717, 1.165) is 44.2 Å². The van der Waals surface area contributed by atoms with Crippen LogP contribution in [0.1, 0.15) is 54.9 Å². The second-order valence-corrected chi connectivity index (χ2v) is 8.20. The summed E-state index contributed by atoms with van der Waals surface area (Å²) in [5.41, 5.74) is 7.40. The molecule has 2 aromatic heterocycles. The number of carbonyl (C=O) groups is 1. The number of nitrogens with zero attached hydrogens (tertiary/aromatic N) is 3. The van der Waals surface area contributed by atoms with Gasteiger partial charge in [0.05, 0.1) is 16.6 Å². The number of nitrogens with two attached hydrogens (primary N) is 1. The van der Waals surface area contributed by atoms with Crippen molar-refractivity contribution in [1.82, 2.24) is 19.9 Å². The maximum absolute atomic E-state index is 13.4. The molecule has 0 unspecified atom stereocenters. The summed E-state index contributed by atoms with van der Waals surface area (Å²) in [5.74, 6) is -0.429. The molecule has 0 saturated heterocycles. The average Bonchev–Trinajstić information content (AvgIpc) is 3.09. The van der Waals surface area contributed by atoms with E-state index in [4.69, 9.17) is 5.73 Å². The minimum Gasteiger partial charge on any atom is -0.384 e. The Morgan fingerprint density at radius 2 is 1.71 bits per heavy atom. The third kappa shape index (κ3) is 4.69. The van der Waals surface area contributed by atoms with Crippen LogP contribution in [0.3, 0.4) is 0 Å². The molecule has 0 bridgehead atoms. The molecule has 6 nitrogen and oxygen atoms in total. The monoisotopic (exact) mass is 469 g/mol. The van der Waals surface area contributed by atoms with Gasteiger partial charge in [-0.15, -0.1) is 0 Å². The van der Waals surface area contributed by atoms with Crippen LogP contribution < -0.4 is 11.1 Å². The zero-order valence-corrected chi connectivity index (χ0v) is 18.8. The summed E-state index contributed by atoms with van der Waals surface area (Å²) in [5, 5.41) is 2.88. The van der Waals surface area contributed by atoms with Gasteiger partial charge < -0.3 is 11.1 Å². The van der Waals surface area contributed by atoms with Crippen LogP contribution in [-0.4, -0.2) is 27.0 Å². The number of hydrogen-bond donors (Lipinski definition) is 2. The maximum atomic E-state index is 13.4. The van der Waals surface area contributed by atoms with Gasteiger partial charge in [-0.2, -0.15) is 13.2 Å². The largest absolute Gasteiger partial charge is 0.416 e. The van der Waals surface area contributed by atoms with E-state index in [1.54, 1.807) is 24.3 Å². The van der Waals surface area contributed by atoms with Crippen molar-refractivity contribution in [3.63, 3.8) is 0 Å². The normalized spacial score (nSPS) is 11.9. The number of nitrogens with one attached hydrogen (secondary N) is 1. The number of carbonyl (C=O) groups excluding carboxylic acids is 1. The van der Waals surface area contributed by atoms with Gasteiger partial charge in [-0.05, 0) is 36.8 Å². The number of alkyl halides is 3. The van der Waals surface area contributed by atoms with E-state index in [2.05, 4.69) is 22.2 Å². The molecule has 4 rings (SSSR count). The summed E-state index contributed by atoms with van der Waals surface area (Å²) in [6.07, 6.45) is 0.677. The second kappa shape index (κ2) is 9.70. The lowest BCUT2D eigenvalue weighted by molar-refractivity contribution is -0.137. The fraction of sp³-hybridized carbons (Fsp3) is 0.320. The Labute approximate surface area is 195 Å². The fourth-order valence-electron chi connectivity index (χ4n) is 3.99. The Kier molecular flexibility index (Phi) is 6.72. The van der Waals surface area contributed by atoms with Crippen molar-refractivity contribution >= 4 is 33.9 Å². The van der Waals surface area contributed by atoms with E-state index in [-0.39, 0.29) is 28.2 Å². The van der Waals surface area contributed by atoms with Crippen molar-refractivity contribution in [2.75, 3.05) is 12.3 Å². The molecule has 3 N–H and O–H groups in total. The number of rotatable bonds is 8. The zero-order valence-electron chi connectivity index (χ0n) is 18.8. The first-order chi connectivity index (χ1) is 16.3. The SMILES string of the molecule is CCCCCCCNC(=O)c1c(N)n(-c2cccc(C(F)(F)F)c2)c2nc3ccccc3nc12. The highest BCUT2D eigenvalue weighted by Crippen LogP contribution is 2.34. The first-order valence-electron chi connectivity index (χ1n) is 11.3. The van der Waals surface area contributed by atoms with Gasteiger partial charge in [0.15, 0.2) is 5.65 Å². The van der Waals surface area contributed by atoms with Crippen molar-refractivity contribution < 1.29 is 18.0 Å². The molecular formula is C25H26F3N5O. The number of amides is 1. The smallest absolute Gasteiger partial charge is 0.384 e. The van der Waals surface area contributed by atoms with Gasteiger partial charge in [0.1, 0.15) is 16.9 Å². The Hall–Kier alpha value is -3.62. The van der Waals surface area contributed by atoms with E-state index in [1.165, 1.54) is 16.7 Å². The van der Waals surface area contributed by atoms with Crippen LogP contribution in [-0.2, 0) is 6.18 Å². The van der Waals surface area contributed by atoms with Crippen LogP contribution in [0.25, 0.3) is 27.9 Å². The fourth-order valence-corrected chi connectivity index (χ4v) is 3.99. The maximum Gasteiger partial charge on any atom is 0.416 e. The van der Waals surface area contributed by atoms with Gasteiger partial charge in [-0.1, -0.05) is 50.8 Å². The van der Waals surface area contributed by atoms with E-state index in [0.29, 0.717) is 17.6 Å². The first kappa shape index (κ1) is 23.5. The molecule has 0 atom stereocenters. The highest BCUT2D eigenvalue weighted by Gasteiger charge is 2.31. The highest BCUT2D eigenvalue weighted by atomic mass is 19.4. The highest BCUT2D eigenvalue weighted by molar-refractivity contribution is 6.11. The van der Waals surface area contributed by atoms with Crippen molar-refractivity contribution in [3.05, 3.63) is 59.7 Å². The van der Waals surface area contributed by atoms with Crippen molar-refractivity contribution in [1.29, 1.82) is 0 Å². The number of halogens is 3. The molecular weight excluding hydrogens is 443 g/mol. The standard InChI is InChI=1S/C25H26F3N5O/c1-2-3-4-5-8-14-30-24(34)20-21-23(32-19-13-7-6-12-18(19)31-21)33(22(20)29)17-11-9-10-16(15-17)25(26,27)28/h6-7,9-13,15H,2-5,8,14,29H2,1H3,(H,30,34). The van der Waals surface area contributed by atoms with Crippen molar-refractivity contribution in [2.24, 2.45) is 0 Å². The molecule has 0 aliphatic carbocycles. The van der Waals surface area contributed by atoms with Crippen LogP contribution in [0.15, 0.2) is 48.5 Å². The lowest BCUT2D eigenvalue weighted by Gasteiger charge is -2.12. The molecule has 0 saturated carbocycles. The molecule has 2 heterocycles. The Balaban J connectivity index is 1.79. The van der Waals surface area contributed by atoms with Gasteiger partial charge in [0, 0.05) is 12.2 Å². The Morgan fingerprint density at radius 3 is 2.41 bits per heavy atom. The van der Waals surface area contributed by atoms with Crippen molar-refractivity contribution in [2.45, 2.75) is 45.2 Å². The molecule has 2 aromatic carbocycles. The third-order valence-corrected chi connectivity index (χ3v) is 5.72. The van der Waals surface area contributed by atoms with Crippen LogP contribution in [0.4, 0.5) is 19.0 Å². The minimum atomic E-state index is -4.52. The number of benzene rings is 2. The van der Waals surface area contributed by atoms with Gasteiger partial charge in [-0.25, -0.2) is 9.97 Å². The van der Waals surface area contributed by atoms with Crippen LogP contribution >= 0.6 is 0 Å². The molecule has 0 aliphatic rings. The second-order valence-electron chi connectivity index (χ2n) is 8.20. The van der Waals surface area contributed by atoms with Crippen LogP contribution in [0.5, 0.6) is 0 Å². The summed E-state index contributed by atoms with van der Waals surface area (Å²) in [6, 6.07) is 11.9. The van der Waals surface area contributed by atoms with Gasteiger partial charge in [-0.3, -0.25) is 9.36 Å². The molecule has 1 amide bonds. The molecule has 178 valence electrons. The number of para-hydroxylation sites is 2. The number of anilines is 1. The number of fused-ring (bicyclic) bond motifs is 2. The van der Waals surface area contributed by atoms with E-state index in [9.17, 15) is 18.0 Å². The number of unbranched alkanes of at least 4 members (excludes halogenated alkanes) is 4. The number of aromatic nitrogens is 3. The molecule has 9 heteroatoms. The third-order valence-electron chi connectivity index (χ3n) is 5.72. The molecule has 4 aromatic rings. The molecule has 0 spiro atoms. The molecule has 0 radical (unpaired) electrons. The van der Waals surface area contributed by atoms with Gasteiger partial charge in [0.2, 0.25) is 0 Å². The molecule has 0 aliphatic heterocycles. The lowest BCUT2D eigenvalue weighted by atomic mass is 10.1. The predicted octanol–water partition coefficient (Wildman–Crippen LogP) is 5.87. The van der Waals surface area contributed by atoms with Crippen molar-refractivity contribution in [3.8, 4) is 5.69 Å². The van der Waals surface area contributed by atoms with Crippen LogP contribution in [0.2, 0.25) is 0 Å². The average molecular weight is 470 g/mol. The summed E-state index contributed by atoms with van der Waals surface area (Å²) in [4.78, 5) is 22.3.